The van der Waals surface area contributed by atoms with Crippen molar-refractivity contribution in [1.82, 2.24) is 10.2 Å². The van der Waals surface area contributed by atoms with Gasteiger partial charge in [-0.2, -0.15) is 0 Å². The highest BCUT2D eigenvalue weighted by Gasteiger charge is 2.40. The third-order valence-corrected chi connectivity index (χ3v) is 6.35. The van der Waals surface area contributed by atoms with Crippen molar-refractivity contribution >= 4 is 34.8 Å². The first-order chi connectivity index (χ1) is 14.0. The van der Waals surface area contributed by atoms with Crippen molar-refractivity contribution < 1.29 is 9.53 Å². The summed E-state index contributed by atoms with van der Waals surface area (Å²) in [7, 11) is 0. The van der Waals surface area contributed by atoms with E-state index in [1.54, 1.807) is 18.2 Å². The third-order valence-electron chi connectivity index (χ3n) is 5.86. The smallest absolute Gasteiger partial charge is 0.258 e. The van der Waals surface area contributed by atoms with Crippen LogP contribution in [0.4, 0.5) is 5.69 Å². The van der Waals surface area contributed by atoms with Crippen LogP contribution in [0.15, 0.2) is 42.5 Å². The van der Waals surface area contributed by atoms with E-state index in [1.165, 1.54) is 18.4 Å². The van der Waals surface area contributed by atoms with Gasteiger partial charge in [-0.25, -0.2) is 0 Å². The molecule has 0 saturated carbocycles. The fraction of sp³-hybridized carbons (Fsp3) is 0.409. The van der Waals surface area contributed by atoms with Crippen LogP contribution in [-0.4, -0.2) is 35.5 Å². The lowest BCUT2D eigenvalue weighted by molar-refractivity contribution is -0.124. The zero-order valence-corrected chi connectivity index (χ0v) is 17.6. The van der Waals surface area contributed by atoms with Gasteiger partial charge >= 0.3 is 0 Å². The first-order valence-corrected chi connectivity index (χ1v) is 10.7. The van der Waals surface area contributed by atoms with Crippen molar-refractivity contribution in [2.45, 2.75) is 50.4 Å². The van der Waals surface area contributed by atoms with Crippen LogP contribution < -0.4 is 15.8 Å². The van der Waals surface area contributed by atoms with Gasteiger partial charge in [-0.15, -0.1) is 0 Å². The standard InChI is InChI=1S/C22H25Cl2N3O2/c23-15-3-1-14(2-4-15)12-27-18-6-7-19(27)11-17(10-18)26-22(28)13-29-21-8-5-16(24)9-20(21)25/h1-5,8-9,17-19H,6-7,10-13,25H2,(H,26,28)/t17-,18+,19-. The maximum Gasteiger partial charge on any atom is 0.258 e. The molecule has 2 bridgehead atoms. The number of benzene rings is 2. The Hall–Kier alpha value is -1.95. The number of anilines is 1. The van der Waals surface area contributed by atoms with Crippen LogP contribution in [0, 0.1) is 0 Å². The Balaban J connectivity index is 1.28. The van der Waals surface area contributed by atoms with E-state index in [9.17, 15) is 4.79 Å². The monoisotopic (exact) mass is 433 g/mol. The second kappa shape index (κ2) is 8.82. The largest absolute Gasteiger partial charge is 0.482 e. The summed E-state index contributed by atoms with van der Waals surface area (Å²) in [6, 6.07) is 14.3. The predicted octanol–water partition coefficient (Wildman–Crippen LogP) is 4.27. The topological polar surface area (TPSA) is 67.6 Å². The number of ether oxygens (including phenoxy) is 1. The van der Waals surface area contributed by atoms with Crippen molar-refractivity contribution in [2.75, 3.05) is 12.3 Å². The minimum absolute atomic E-state index is 0.0494. The summed E-state index contributed by atoms with van der Waals surface area (Å²) < 4.78 is 5.56. The summed E-state index contributed by atoms with van der Waals surface area (Å²) in [5.41, 5.74) is 7.58. The van der Waals surface area contributed by atoms with Crippen LogP contribution in [-0.2, 0) is 11.3 Å². The van der Waals surface area contributed by atoms with E-state index in [0.29, 0.717) is 28.5 Å². The Bertz CT molecular complexity index is 861. The molecule has 4 rings (SSSR count). The van der Waals surface area contributed by atoms with Gasteiger partial charge in [-0.1, -0.05) is 35.3 Å². The highest BCUT2D eigenvalue weighted by atomic mass is 35.5. The second-order valence-corrected chi connectivity index (χ2v) is 8.76. The minimum Gasteiger partial charge on any atom is -0.482 e. The number of nitrogens with two attached hydrogens (primary N) is 1. The highest BCUT2D eigenvalue weighted by molar-refractivity contribution is 6.31. The molecule has 1 amide bonds. The Morgan fingerprint density at radius 1 is 1.07 bits per heavy atom. The predicted molar refractivity (Wildman–Crippen MR) is 116 cm³/mol. The molecule has 0 radical (unpaired) electrons. The van der Waals surface area contributed by atoms with Gasteiger partial charge in [0.1, 0.15) is 5.75 Å². The summed E-state index contributed by atoms with van der Waals surface area (Å²) in [4.78, 5) is 15.0. The number of piperidine rings is 1. The van der Waals surface area contributed by atoms with E-state index in [-0.39, 0.29) is 18.6 Å². The molecule has 3 atom stereocenters. The number of carbonyl (C=O) groups is 1. The Labute approximate surface area is 181 Å². The van der Waals surface area contributed by atoms with Crippen LogP contribution in [0.5, 0.6) is 5.75 Å². The maximum atomic E-state index is 12.4. The molecule has 29 heavy (non-hydrogen) atoms. The number of amides is 1. The number of rotatable bonds is 6. The molecule has 2 aromatic rings. The fourth-order valence-corrected chi connectivity index (χ4v) is 4.82. The van der Waals surface area contributed by atoms with Gasteiger partial charge < -0.3 is 15.8 Å². The lowest BCUT2D eigenvalue weighted by Crippen LogP contribution is -2.50. The normalized spacial score (nSPS) is 23.7. The summed E-state index contributed by atoms with van der Waals surface area (Å²) in [5, 5.41) is 4.44. The summed E-state index contributed by atoms with van der Waals surface area (Å²) in [6.45, 7) is 0.887. The summed E-state index contributed by atoms with van der Waals surface area (Å²) in [6.07, 6.45) is 4.31. The molecule has 154 valence electrons. The first kappa shape index (κ1) is 20.3. The Morgan fingerprint density at radius 3 is 2.38 bits per heavy atom. The van der Waals surface area contributed by atoms with Gasteiger partial charge in [-0.05, 0) is 61.6 Å². The van der Waals surface area contributed by atoms with E-state index in [0.717, 1.165) is 24.4 Å². The molecule has 2 fully saturated rings. The first-order valence-electron chi connectivity index (χ1n) is 9.95. The molecule has 0 unspecified atom stereocenters. The van der Waals surface area contributed by atoms with Crippen molar-refractivity contribution in [3.05, 3.63) is 58.1 Å². The van der Waals surface area contributed by atoms with Crippen molar-refractivity contribution in [1.29, 1.82) is 0 Å². The molecular weight excluding hydrogens is 409 g/mol. The van der Waals surface area contributed by atoms with Gasteiger partial charge in [0.15, 0.2) is 6.61 Å². The number of fused-ring (bicyclic) bond motifs is 2. The van der Waals surface area contributed by atoms with E-state index in [4.69, 9.17) is 33.7 Å². The van der Waals surface area contributed by atoms with Crippen LogP contribution in [0.3, 0.4) is 0 Å². The Morgan fingerprint density at radius 2 is 1.72 bits per heavy atom. The number of carbonyl (C=O) groups excluding carboxylic acids is 1. The zero-order chi connectivity index (χ0) is 20.4. The summed E-state index contributed by atoms with van der Waals surface area (Å²) >= 11 is 11.9. The molecule has 2 aliphatic rings. The van der Waals surface area contributed by atoms with Gasteiger partial charge in [0, 0.05) is 34.7 Å². The average Bonchev–Trinajstić information content (AvgIpc) is 2.91. The fourth-order valence-electron chi connectivity index (χ4n) is 4.51. The van der Waals surface area contributed by atoms with E-state index in [2.05, 4.69) is 22.3 Å². The van der Waals surface area contributed by atoms with Crippen LogP contribution >= 0.6 is 23.2 Å². The number of nitrogen functional groups attached to an aromatic ring is 1. The molecule has 2 saturated heterocycles. The van der Waals surface area contributed by atoms with Crippen LogP contribution in [0.2, 0.25) is 10.0 Å². The van der Waals surface area contributed by atoms with Gasteiger partial charge in [-0.3, -0.25) is 9.69 Å². The summed E-state index contributed by atoms with van der Waals surface area (Å²) in [5.74, 6) is 0.359. The number of hydrogen-bond acceptors (Lipinski definition) is 4. The van der Waals surface area contributed by atoms with E-state index < -0.39 is 0 Å². The maximum absolute atomic E-state index is 12.4. The quantitative estimate of drug-likeness (QED) is 0.667. The number of nitrogens with zero attached hydrogens (tertiary/aromatic N) is 1. The lowest BCUT2D eigenvalue weighted by atomic mass is 9.96. The van der Waals surface area contributed by atoms with Gasteiger partial charge in [0.25, 0.3) is 5.91 Å². The van der Waals surface area contributed by atoms with Gasteiger partial charge in [0.05, 0.1) is 5.69 Å². The molecule has 2 aliphatic heterocycles. The minimum atomic E-state index is -0.116. The molecule has 2 heterocycles. The van der Waals surface area contributed by atoms with Crippen molar-refractivity contribution in [3.63, 3.8) is 0 Å². The SMILES string of the molecule is Nc1cc(Cl)ccc1OCC(=O)N[C@H]1C[C@H]2CC[C@@H](C1)N2Cc1ccc(Cl)cc1. The van der Waals surface area contributed by atoms with Gasteiger partial charge in [0.2, 0.25) is 0 Å². The van der Waals surface area contributed by atoms with Crippen molar-refractivity contribution in [2.24, 2.45) is 0 Å². The van der Waals surface area contributed by atoms with E-state index >= 15 is 0 Å². The zero-order valence-electron chi connectivity index (χ0n) is 16.1. The Kier molecular flexibility index (Phi) is 6.18. The van der Waals surface area contributed by atoms with Crippen LogP contribution in [0.25, 0.3) is 0 Å². The van der Waals surface area contributed by atoms with Crippen LogP contribution in [0.1, 0.15) is 31.2 Å². The van der Waals surface area contributed by atoms with Crippen molar-refractivity contribution in [3.8, 4) is 5.75 Å². The molecule has 3 N–H and O–H groups in total. The molecule has 7 heteroatoms. The number of nitrogens with one attached hydrogen (secondary N) is 1. The molecule has 0 spiro atoms. The highest BCUT2D eigenvalue weighted by Crippen LogP contribution is 2.37. The average molecular weight is 434 g/mol. The molecule has 5 nitrogen and oxygen atoms in total. The lowest BCUT2D eigenvalue weighted by Gasteiger charge is -2.39. The molecule has 0 aromatic heterocycles. The third kappa shape index (κ3) is 4.97. The number of hydrogen-bond donors (Lipinski definition) is 2. The molecular formula is C22H25Cl2N3O2. The van der Waals surface area contributed by atoms with E-state index in [1.807, 2.05) is 12.1 Å². The second-order valence-electron chi connectivity index (χ2n) is 7.89. The number of halogens is 2. The molecule has 0 aliphatic carbocycles. The molecule has 2 aromatic carbocycles.